The Balaban J connectivity index is 2.61. The van der Waals surface area contributed by atoms with Gasteiger partial charge < -0.3 is 14.6 Å². The highest BCUT2D eigenvalue weighted by Crippen LogP contribution is 2.10. The highest BCUT2D eigenvalue weighted by molar-refractivity contribution is 4.98. The molecule has 0 aliphatic heterocycles. The van der Waals surface area contributed by atoms with Gasteiger partial charge in [-0.2, -0.15) is 0 Å². The first-order valence-corrected chi connectivity index (χ1v) is 4.34. The van der Waals surface area contributed by atoms with Gasteiger partial charge in [0.05, 0.1) is 31.6 Å². The molecule has 0 fully saturated rings. The molecule has 6 nitrogen and oxygen atoms in total. The average molecular weight is 201 g/mol. The summed E-state index contributed by atoms with van der Waals surface area (Å²) >= 11 is 0. The van der Waals surface area contributed by atoms with Crippen molar-refractivity contribution in [1.29, 1.82) is 0 Å². The Morgan fingerprint density at radius 2 is 2.29 bits per heavy atom. The van der Waals surface area contributed by atoms with Crippen LogP contribution in [0.4, 0.5) is 0 Å². The zero-order valence-corrected chi connectivity index (χ0v) is 8.38. The molecular weight excluding hydrogens is 186 g/mol. The molecule has 0 saturated heterocycles. The molecule has 0 aliphatic carbocycles. The van der Waals surface area contributed by atoms with E-state index in [1.165, 1.54) is 13.3 Å². The molecule has 1 rings (SSSR count). The predicted octanol–water partition coefficient (Wildman–Crippen LogP) is -0.396. The smallest absolute Gasteiger partial charge is 0.120 e. The van der Waals surface area contributed by atoms with E-state index in [0.29, 0.717) is 18.8 Å². The molecular formula is C8H15N3O3. The van der Waals surface area contributed by atoms with Crippen molar-refractivity contribution in [3.63, 3.8) is 0 Å². The van der Waals surface area contributed by atoms with Gasteiger partial charge in [-0.25, -0.2) is 4.68 Å². The van der Waals surface area contributed by atoms with Crippen molar-refractivity contribution < 1.29 is 14.6 Å². The fourth-order valence-electron chi connectivity index (χ4n) is 1.12. The van der Waals surface area contributed by atoms with E-state index >= 15 is 0 Å². The number of methoxy groups -OCH3 is 2. The number of aliphatic hydroxyl groups is 1. The number of hydrogen-bond acceptors (Lipinski definition) is 5. The summed E-state index contributed by atoms with van der Waals surface area (Å²) in [6.07, 6.45) is 0.839. The predicted molar refractivity (Wildman–Crippen MR) is 48.7 cm³/mol. The van der Waals surface area contributed by atoms with Crippen LogP contribution in [-0.4, -0.2) is 47.5 Å². The highest BCUT2D eigenvalue weighted by Gasteiger charge is 2.13. The molecule has 1 heterocycles. The lowest BCUT2D eigenvalue weighted by molar-refractivity contribution is 0.0573. The van der Waals surface area contributed by atoms with Crippen LogP contribution in [0, 0.1) is 0 Å². The normalized spacial score (nSPS) is 13.1. The van der Waals surface area contributed by atoms with Gasteiger partial charge in [0.15, 0.2) is 0 Å². The third kappa shape index (κ3) is 2.76. The van der Waals surface area contributed by atoms with Crippen LogP contribution < -0.4 is 0 Å². The van der Waals surface area contributed by atoms with Crippen molar-refractivity contribution in [2.24, 2.45) is 0 Å². The lowest BCUT2D eigenvalue weighted by Gasteiger charge is -2.10. The van der Waals surface area contributed by atoms with E-state index in [2.05, 4.69) is 10.3 Å². The standard InChI is InChI=1S/C8H15N3O3/c1-13-4-3-11-7(5-9-10-11)8(12)6-14-2/h5,8,12H,3-4,6H2,1-2H3/t8-/m0/s1. The van der Waals surface area contributed by atoms with Crippen molar-refractivity contribution in [3.05, 3.63) is 11.9 Å². The van der Waals surface area contributed by atoms with Crippen LogP contribution in [0.2, 0.25) is 0 Å². The molecule has 0 spiro atoms. The second-order valence-electron chi connectivity index (χ2n) is 2.85. The molecule has 1 aromatic heterocycles. The topological polar surface area (TPSA) is 69.4 Å². The summed E-state index contributed by atoms with van der Waals surface area (Å²) in [4.78, 5) is 0. The van der Waals surface area contributed by atoms with Crippen molar-refractivity contribution in [2.75, 3.05) is 27.4 Å². The van der Waals surface area contributed by atoms with Crippen molar-refractivity contribution in [2.45, 2.75) is 12.6 Å². The van der Waals surface area contributed by atoms with Gasteiger partial charge in [-0.05, 0) is 0 Å². The third-order valence-corrected chi connectivity index (χ3v) is 1.82. The summed E-state index contributed by atoms with van der Waals surface area (Å²) in [5.41, 5.74) is 0.643. The fourth-order valence-corrected chi connectivity index (χ4v) is 1.12. The first-order valence-electron chi connectivity index (χ1n) is 4.34. The Morgan fingerprint density at radius 1 is 1.50 bits per heavy atom. The van der Waals surface area contributed by atoms with E-state index < -0.39 is 6.10 Å². The number of ether oxygens (including phenoxy) is 2. The largest absolute Gasteiger partial charge is 0.384 e. The number of nitrogens with zero attached hydrogens (tertiary/aromatic N) is 3. The molecule has 6 heteroatoms. The Kier molecular flexibility index (Phi) is 4.51. The molecule has 0 radical (unpaired) electrons. The average Bonchev–Trinajstić information content (AvgIpc) is 2.63. The van der Waals surface area contributed by atoms with E-state index in [1.54, 1.807) is 11.8 Å². The molecule has 0 unspecified atom stereocenters. The molecule has 80 valence electrons. The van der Waals surface area contributed by atoms with Crippen LogP contribution in [0.5, 0.6) is 0 Å². The van der Waals surface area contributed by atoms with Gasteiger partial charge in [0, 0.05) is 14.2 Å². The highest BCUT2D eigenvalue weighted by atomic mass is 16.5. The Labute approximate surface area is 82.4 Å². The number of rotatable bonds is 6. The molecule has 14 heavy (non-hydrogen) atoms. The molecule has 1 atom stereocenters. The van der Waals surface area contributed by atoms with Crippen LogP contribution in [-0.2, 0) is 16.0 Å². The van der Waals surface area contributed by atoms with E-state index in [9.17, 15) is 5.11 Å². The molecule has 0 saturated carbocycles. The van der Waals surface area contributed by atoms with Crippen molar-refractivity contribution >= 4 is 0 Å². The maximum atomic E-state index is 9.62. The summed E-state index contributed by atoms with van der Waals surface area (Å²) in [5.74, 6) is 0. The maximum Gasteiger partial charge on any atom is 0.120 e. The zero-order valence-electron chi connectivity index (χ0n) is 8.38. The first-order chi connectivity index (χ1) is 6.79. The Hall–Kier alpha value is -0.980. The van der Waals surface area contributed by atoms with Crippen LogP contribution >= 0.6 is 0 Å². The molecule has 1 N–H and O–H groups in total. The SMILES string of the molecule is COCCn1nncc1[C@@H](O)COC. The molecule has 1 aromatic rings. The Bertz CT molecular complexity index is 264. The van der Waals surface area contributed by atoms with Gasteiger partial charge in [-0.3, -0.25) is 0 Å². The van der Waals surface area contributed by atoms with Crippen molar-refractivity contribution in [3.8, 4) is 0 Å². The van der Waals surface area contributed by atoms with Gasteiger partial charge in [0.25, 0.3) is 0 Å². The van der Waals surface area contributed by atoms with Gasteiger partial charge in [-0.1, -0.05) is 5.21 Å². The van der Waals surface area contributed by atoms with Crippen molar-refractivity contribution in [1.82, 2.24) is 15.0 Å². The maximum absolute atomic E-state index is 9.62. The number of hydrogen-bond donors (Lipinski definition) is 1. The van der Waals surface area contributed by atoms with Crippen LogP contribution in [0.3, 0.4) is 0 Å². The molecule has 0 aromatic carbocycles. The second-order valence-corrected chi connectivity index (χ2v) is 2.85. The van der Waals surface area contributed by atoms with E-state index in [4.69, 9.17) is 9.47 Å². The molecule has 0 bridgehead atoms. The lowest BCUT2D eigenvalue weighted by atomic mass is 10.3. The lowest BCUT2D eigenvalue weighted by Crippen LogP contribution is -2.15. The summed E-state index contributed by atoms with van der Waals surface area (Å²) in [6, 6.07) is 0. The third-order valence-electron chi connectivity index (χ3n) is 1.82. The summed E-state index contributed by atoms with van der Waals surface area (Å²) in [7, 11) is 3.15. The summed E-state index contributed by atoms with van der Waals surface area (Å²) < 4.78 is 11.3. The molecule has 0 amide bonds. The minimum Gasteiger partial charge on any atom is -0.384 e. The van der Waals surface area contributed by atoms with Crippen LogP contribution in [0.25, 0.3) is 0 Å². The number of aromatic nitrogens is 3. The minimum absolute atomic E-state index is 0.236. The van der Waals surface area contributed by atoms with E-state index in [0.717, 1.165) is 0 Å². The van der Waals surface area contributed by atoms with E-state index in [1.807, 2.05) is 0 Å². The zero-order chi connectivity index (χ0) is 10.4. The minimum atomic E-state index is -0.688. The second kappa shape index (κ2) is 5.69. The van der Waals surface area contributed by atoms with E-state index in [-0.39, 0.29) is 6.61 Å². The molecule has 0 aliphatic rings. The monoisotopic (exact) mass is 201 g/mol. The Morgan fingerprint density at radius 3 is 2.93 bits per heavy atom. The van der Waals surface area contributed by atoms with Gasteiger partial charge in [-0.15, -0.1) is 5.10 Å². The first kappa shape index (κ1) is 11.1. The quantitative estimate of drug-likeness (QED) is 0.678. The van der Waals surface area contributed by atoms with Gasteiger partial charge in [0.2, 0.25) is 0 Å². The van der Waals surface area contributed by atoms with Crippen LogP contribution in [0.1, 0.15) is 11.8 Å². The van der Waals surface area contributed by atoms with Gasteiger partial charge >= 0.3 is 0 Å². The van der Waals surface area contributed by atoms with Gasteiger partial charge in [0.1, 0.15) is 6.10 Å². The van der Waals surface area contributed by atoms with Crippen LogP contribution in [0.15, 0.2) is 6.20 Å². The summed E-state index contributed by atoms with van der Waals surface area (Å²) in [5, 5.41) is 17.2. The number of aliphatic hydroxyl groups excluding tert-OH is 1. The fraction of sp³-hybridized carbons (Fsp3) is 0.750. The summed E-state index contributed by atoms with van der Waals surface area (Å²) in [6.45, 7) is 1.35.